The largest absolute Gasteiger partial charge is 0.383 e. The van der Waals surface area contributed by atoms with E-state index in [1.54, 1.807) is 17.3 Å². The van der Waals surface area contributed by atoms with Gasteiger partial charge in [-0.15, -0.1) is 0 Å². The van der Waals surface area contributed by atoms with Crippen LogP contribution in [0.15, 0.2) is 42.7 Å². The molecule has 0 radical (unpaired) electrons. The standard InChI is InChI=1S/C19H24ClN3O/c1-3-4-10-23(2)19(24)16-12-18(14-21-13-16)22-9-8-15-6-5-7-17(20)11-15/h5-7,11-14,22H,3-4,8-10H2,1-2H3. The number of benzene rings is 1. The molecule has 1 amide bonds. The van der Waals surface area contributed by atoms with E-state index in [1.165, 1.54) is 5.56 Å². The van der Waals surface area contributed by atoms with Gasteiger partial charge in [-0.2, -0.15) is 0 Å². The molecular weight excluding hydrogens is 322 g/mol. The number of carbonyl (C=O) groups is 1. The highest BCUT2D eigenvalue weighted by Crippen LogP contribution is 2.13. The summed E-state index contributed by atoms with van der Waals surface area (Å²) in [6.07, 6.45) is 6.29. The van der Waals surface area contributed by atoms with Crippen molar-refractivity contribution in [3.05, 3.63) is 58.9 Å². The molecule has 0 saturated heterocycles. The molecule has 4 nitrogen and oxygen atoms in total. The van der Waals surface area contributed by atoms with Crippen LogP contribution in [-0.4, -0.2) is 35.9 Å². The van der Waals surface area contributed by atoms with Gasteiger partial charge in [-0.1, -0.05) is 37.1 Å². The minimum Gasteiger partial charge on any atom is -0.383 e. The number of hydrogen-bond donors (Lipinski definition) is 1. The van der Waals surface area contributed by atoms with Crippen molar-refractivity contribution in [2.24, 2.45) is 0 Å². The Morgan fingerprint density at radius 2 is 2.12 bits per heavy atom. The van der Waals surface area contributed by atoms with Crippen molar-refractivity contribution in [3.63, 3.8) is 0 Å². The Kier molecular flexibility index (Phi) is 7.07. The van der Waals surface area contributed by atoms with Crippen molar-refractivity contribution in [2.45, 2.75) is 26.2 Å². The van der Waals surface area contributed by atoms with Gasteiger partial charge in [0.25, 0.3) is 5.91 Å². The van der Waals surface area contributed by atoms with Crippen LogP contribution in [0, 0.1) is 0 Å². The van der Waals surface area contributed by atoms with Gasteiger partial charge in [-0.05, 0) is 36.6 Å². The van der Waals surface area contributed by atoms with Crippen molar-refractivity contribution >= 4 is 23.2 Å². The maximum atomic E-state index is 12.4. The fourth-order valence-electron chi connectivity index (χ4n) is 2.41. The smallest absolute Gasteiger partial charge is 0.255 e. The SMILES string of the molecule is CCCCN(C)C(=O)c1cncc(NCCc2cccc(Cl)c2)c1. The number of aromatic nitrogens is 1. The zero-order chi connectivity index (χ0) is 17.4. The van der Waals surface area contributed by atoms with Crippen LogP contribution >= 0.6 is 11.6 Å². The molecule has 1 heterocycles. The average Bonchev–Trinajstić information content (AvgIpc) is 2.59. The number of unbranched alkanes of at least 4 members (excludes halogenated alkanes) is 1. The summed E-state index contributed by atoms with van der Waals surface area (Å²) in [5.41, 5.74) is 2.64. The van der Waals surface area contributed by atoms with Crippen molar-refractivity contribution in [1.82, 2.24) is 9.88 Å². The molecule has 0 fully saturated rings. The summed E-state index contributed by atoms with van der Waals surface area (Å²) < 4.78 is 0. The molecule has 0 spiro atoms. The molecule has 0 unspecified atom stereocenters. The van der Waals surface area contributed by atoms with E-state index < -0.39 is 0 Å². The summed E-state index contributed by atoms with van der Waals surface area (Å²) in [6.45, 7) is 3.64. The summed E-state index contributed by atoms with van der Waals surface area (Å²) in [4.78, 5) is 18.3. The fraction of sp³-hybridized carbons (Fsp3) is 0.368. The van der Waals surface area contributed by atoms with Gasteiger partial charge in [0, 0.05) is 37.6 Å². The third-order valence-corrected chi connectivity index (χ3v) is 4.05. The Morgan fingerprint density at radius 3 is 2.88 bits per heavy atom. The van der Waals surface area contributed by atoms with Gasteiger partial charge >= 0.3 is 0 Å². The molecule has 0 bridgehead atoms. The van der Waals surface area contributed by atoms with Crippen LogP contribution in [0.3, 0.4) is 0 Å². The molecule has 1 aromatic carbocycles. The number of halogens is 1. The predicted molar refractivity (Wildman–Crippen MR) is 99.8 cm³/mol. The number of carbonyl (C=O) groups excluding carboxylic acids is 1. The second-order valence-electron chi connectivity index (χ2n) is 5.85. The van der Waals surface area contributed by atoms with E-state index in [0.29, 0.717) is 5.56 Å². The summed E-state index contributed by atoms with van der Waals surface area (Å²) >= 11 is 5.99. The van der Waals surface area contributed by atoms with Crippen LogP contribution in [-0.2, 0) is 6.42 Å². The molecule has 2 rings (SSSR count). The lowest BCUT2D eigenvalue weighted by Crippen LogP contribution is -2.27. The number of amides is 1. The van der Waals surface area contributed by atoms with Crippen LogP contribution in [0.4, 0.5) is 5.69 Å². The van der Waals surface area contributed by atoms with Gasteiger partial charge in [0.1, 0.15) is 0 Å². The van der Waals surface area contributed by atoms with E-state index in [9.17, 15) is 4.79 Å². The minimum absolute atomic E-state index is 0.00874. The van der Waals surface area contributed by atoms with E-state index in [1.807, 2.05) is 31.3 Å². The molecule has 0 saturated carbocycles. The lowest BCUT2D eigenvalue weighted by Gasteiger charge is -2.17. The summed E-state index contributed by atoms with van der Waals surface area (Å²) in [6, 6.07) is 9.69. The lowest BCUT2D eigenvalue weighted by atomic mass is 10.1. The Hall–Kier alpha value is -2.07. The van der Waals surface area contributed by atoms with Crippen molar-refractivity contribution in [2.75, 3.05) is 25.5 Å². The number of nitrogens with one attached hydrogen (secondary N) is 1. The first-order valence-electron chi connectivity index (χ1n) is 8.29. The molecule has 5 heteroatoms. The zero-order valence-corrected chi connectivity index (χ0v) is 15.0. The van der Waals surface area contributed by atoms with E-state index in [4.69, 9.17) is 11.6 Å². The highest BCUT2D eigenvalue weighted by atomic mass is 35.5. The van der Waals surface area contributed by atoms with Crippen molar-refractivity contribution in [3.8, 4) is 0 Å². The van der Waals surface area contributed by atoms with Crippen molar-refractivity contribution in [1.29, 1.82) is 0 Å². The molecule has 24 heavy (non-hydrogen) atoms. The molecular formula is C19H24ClN3O. The zero-order valence-electron chi connectivity index (χ0n) is 14.3. The number of anilines is 1. The first-order chi connectivity index (χ1) is 11.6. The quantitative estimate of drug-likeness (QED) is 0.777. The second kappa shape index (κ2) is 9.28. The van der Waals surface area contributed by atoms with Gasteiger partial charge < -0.3 is 10.2 Å². The van der Waals surface area contributed by atoms with Gasteiger partial charge in [0.2, 0.25) is 0 Å². The fourth-order valence-corrected chi connectivity index (χ4v) is 2.63. The highest BCUT2D eigenvalue weighted by molar-refractivity contribution is 6.30. The Balaban J connectivity index is 1.91. The Morgan fingerprint density at radius 1 is 1.29 bits per heavy atom. The monoisotopic (exact) mass is 345 g/mol. The molecule has 0 aliphatic carbocycles. The molecule has 1 N–H and O–H groups in total. The highest BCUT2D eigenvalue weighted by Gasteiger charge is 2.12. The van der Waals surface area contributed by atoms with Gasteiger partial charge in [0.05, 0.1) is 11.3 Å². The van der Waals surface area contributed by atoms with Gasteiger partial charge in [-0.3, -0.25) is 9.78 Å². The normalized spacial score (nSPS) is 10.5. The number of hydrogen-bond acceptors (Lipinski definition) is 3. The minimum atomic E-state index is 0.00874. The third-order valence-electron chi connectivity index (χ3n) is 3.81. The van der Waals surface area contributed by atoms with E-state index in [2.05, 4.69) is 23.3 Å². The first kappa shape index (κ1) is 18.3. The number of pyridine rings is 1. The number of rotatable bonds is 8. The molecule has 0 aliphatic rings. The van der Waals surface area contributed by atoms with Crippen LogP contribution in [0.5, 0.6) is 0 Å². The summed E-state index contributed by atoms with van der Waals surface area (Å²) in [5, 5.41) is 4.06. The molecule has 2 aromatic rings. The van der Waals surface area contributed by atoms with Crippen LogP contribution < -0.4 is 5.32 Å². The first-order valence-corrected chi connectivity index (χ1v) is 8.66. The van der Waals surface area contributed by atoms with Crippen LogP contribution in [0.1, 0.15) is 35.7 Å². The number of nitrogens with zero attached hydrogens (tertiary/aromatic N) is 2. The van der Waals surface area contributed by atoms with E-state index in [-0.39, 0.29) is 5.91 Å². The molecule has 128 valence electrons. The van der Waals surface area contributed by atoms with Gasteiger partial charge in [0.15, 0.2) is 0 Å². The Bertz CT molecular complexity index is 675. The second-order valence-corrected chi connectivity index (χ2v) is 6.29. The topological polar surface area (TPSA) is 45.2 Å². The Labute approximate surface area is 148 Å². The van der Waals surface area contributed by atoms with Crippen LogP contribution in [0.25, 0.3) is 0 Å². The third kappa shape index (κ3) is 5.53. The van der Waals surface area contributed by atoms with Crippen LogP contribution in [0.2, 0.25) is 5.02 Å². The maximum Gasteiger partial charge on any atom is 0.255 e. The molecule has 0 aliphatic heterocycles. The van der Waals surface area contributed by atoms with Crippen molar-refractivity contribution < 1.29 is 4.79 Å². The van der Waals surface area contributed by atoms with Gasteiger partial charge in [-0.25, -0.2) is 0 Å². The average molecular weight is 346 g/mol. The molecule has 1 aromatic heterocycles. The molecule has 0 atom stereocenters. The maximum absolute atomic E-state index is 12.4. The lowest BCUT2D eigenvalue weighted by molar-refractivity contribution is 0.0793. The predicted octanol–water partition coefficient (Wildman–Crippen LogP) is 4.26. The summed E-state index contributed by atoms with van der Waals surface area (Å²) in [5.74, 6) is 0.00874. The summed E-state index contributed by atoms with van der Waals surface area (Å²) in [7, 11) is 1.83. The van der Waals surface area contributed by atoms with E-state index >= 15 is 0 Å². The van der Waals surface area contributed by atoms with E-state index in [0.717, 1.165) is 43.1 Å².